The maximum absolute atomic E-state index is 13.5. The van der Waals surface area contributed by atoms with Crippen LogP contribution in [0.4, 0.5) is 11.4 Å². The maximum atomic E-state index is 13.5. The number of primary sulfonamides is 1. The number of anilines is 2. The highest BCUT2D eigenvalue weighted by Crippen LogP contribution is 2.30. The Morgan fingerprint density at radius 1 is 0.943 bits per heavy atom. The fraction of sp³-hybridized carbons (Fsp3) is 0.200. The summed E-state index contributed by atoms with van der Waals surface area (Å²) >= 11 is 0. The maximum Gasteiger partial charge on any atom is 0.250 e. The molecule has 7 N–H and O–H groups in total. The molecule has 1 heterocycles. The second-order valence-corrected chi connectivity index (χ2v) is 9.92. The van der Waals surface area contributed by atoms with Crippen LogP contribution in [0, 0.1) is 5.41 Å². The Bertz CT molecular complexity index is 1350. The van der Waals surface area contributed by atoms with E-state index >= 15 is 0 Å². The van der Waals surface area contributed by atoms with Crippen LogP contribution in [0.3, 0.4) is 0 Å². The van der Waals surface area contributed by atoms with Crippen LogP contribution in [0.15, 0.2) is 77.7 Å². The van der Waals surface area contributed by atoms with Gasteiger partial charge in [0.05, 0.1) is 4.90 Å². The Hall–Kier alpha value is -3.73. The topological polar surface area (TPSA) is 160 Å². The molecule has 0 radical (unpaired) electrons. The van der Waals surface area contributed by atoms with Crippen molar-refractivity contribution in [1.82, 2.24) is 0 Å². The molecule has 0 saturated carbocycles. The number of carbonyl (C=O) groups is 1. The summed E-state index contributed by atoms with van der Waals surface area (Å²) in [6.45, 7) is 0.853. The van der Waals surface area contributed by atoms with Crippen LogP contribution in [0.5, 0.6) is 0 Å². The number of amidine groups is 1. The highest BCUT2D eigenvalue weighted by atomic mass is 32.2. The molecular formula is C25H27N5O4S. The van der Waals surface area contributed by atoms with Gasteiger partial charge < -0.3 is 21.1 Å². The normalized spacial score (nSPS) is 15.2. The van der Waals surface area contributed by atoms with Crippen LogP contribution in [0.25, 0.3) is 11.1 Å². The Balaban J connectivity index is 1.57. The number of nitrogens with two attached hydrogens (primary N) is 2. The van der Waals surface area contributed by atoms with Crippen LogP contribution in [0.1, 0.15) is 18.4 Å². The Labute approximate surface area is 204 Å². The van der Waals surface area contributed by atoms with E-state index in [1.807, 2.05) is 6.07 Å². The first-order valence-electron chi connectivity index (χ1n) is 11.0. The molecule has 1 aliphatic heterocycles. The van der Waals surface area contributed by atoms with Crippen LogP contribution in [-0.4, -0.2) is 38.9 Å². The van der Waals surface area contributed by atoms with Gasteiger partial charge in [0.15, 0.2) is 0 Å². The summed E-state index contributed by atoms with van der Waals surface area (Å²) in [6.07, 6.45) is 0.923. The quantitative estimate of drug-likeness (QED) is 0.251. The minimum absolute atomic E-state index is 0.0370. The minimum atomic E-state index is -3.88. The molecule has 1 fully saturated rings. The lowest BCUT2D eigenvalue weighted by Crippen LogP contribution is -2.53. The predicted molar refractivity (Wildman–Crippen MR) is 136 cm³/mol. The largest absolute Gasteiger partial charge is 0.384 e. The van der Waals surface area contributed by atoms with Crippen molar-refractivity contribution in [3.8, 4) is 11.1 Å². The zero-order valence-corrected chi connectivity index (χ0v) is 19.8. The van der Waals surface area contributed by atoms with Gasteiger partial charge in [0, 0.05) is 48.6 Å². The predicted octanol–water partition coefficient (Wildman–Crippen LogP) is 2.88. The van der Waals surface area contributed by atoms with Gasteiger partial charge in [0.25, 0.3) is 0 Å². The van der Waals surface area contributed by atoms with E-state index in [1.165, 1.54) is 6.07 Å². The molecule has 1 saturated heterocycles. The first kappa shape index (κ1) is 24.4. The Kier molecular flexibility index (Phi) is 6.88. The lowest BCUT2D eigenvalue weighted by Gasteiger charge is -2.37. The van der Waals surface area contributed by atoms with Gasteiger partial charge in [-0.25, -0.2) is 13.6 Å². The monoisotopic (exact) mass is 493 g/mol. The lowest BCUT2D eigenvalue weighted by molar-refractivity contribution is -0.123. The zero-order chi connectivity index (χ0) is 25.1. The van der Waals surface area contributed by atoms with Crippen molar-refractivity contribution in [3.63, 3.8) is 0 Å². The van der Waals surface area contributed by atoms with Gasteiger partial charge in [0.1, 0.15) is 11.4 Å². The third kappa shape index (κ3) is 5.51. The second kappa shape index (κ2) is 9.87. The van der Waals surface area contributed by atoms with Crippen molar-refractivity contribution in [2.75, 3.05) is 23.8 Å². The first-order chi connectivity index (χ1) is 16.7. The van der Waals surface area contributed by atoms with Gasteiger partial charge in [0.2, 0.25) is 15.9 Å². The molecule has 10 heteroatoms. The summed E-state index contributed by atoms with van der Waals surface area (Å²) in [4.78, 5) is 13.5. The van der Waals surface area contributed by atoms with Crippen molar-refractivity contribution in [2.45, 2.75) is 23.3 Å². The van der Waals surface area contributed by atoms with Crippen molar-refractivity contribution >= 4 is 33.1 Å². The van der Waals surface area contributed by atoms with Crippen molar-refractivity contribution < 1.29 is 17.9 Å². The van der Waals surface area contributed by atoms with Gasteiger partial charge in [-0.05, 0) is 35.9 Å². The van der Waals surface area contributed by atoms with E-state index in [2.05, 4.69) is 10.6 Å². The molecular weight excluding hydrogens is 466 g/mol. The summed E-state index contributed by atoms with van der Waals surface area (Å²) in [6, 6.07) is 20.5. The molecule has 0 aromatic heterocycles. The number of nitrogen functional groups attached to an aromatic ring is 1. The molecule has 0 atom stereocenters. The molecule has 182 valence electrons. The Morgan fingerprint density at radius 2 is 1.63 bits per heavy atom. The molecule has 4 rings (SSSR count). The molecule has 0 bridgehead atoms. The molecule has 1 aliphatic rings. The van der Waals surface area contributed by atoms with E-state index in [-0.39, 0.29) is 16.6 Å². The number of rotatable bonds is 7. The van der Waals surface area contributed by atoms with Crippen molar-refractivity contribution in [1.29, 1.82) is 5.41 Å². The molecule has 0 unspecified atom stereocenters. The third-order valence-electron chi connectivity index (χ3n) is 5.99. The highest BCUT2D eigenvalue weighted by Gasteiger charge is 2.40. The van der Waals surface area contributed by atoms with Crippen LogP contribution < -0.4 is 21.5 Å². The first-order valence-corrected chi connectivity index (χ1v) is 12.6. The van der Waals surface area contributed by atoms with E-state index < -0.39 is 15.6 Å². The second-order valence-electron chi connectivity index (χ2n) is 8.39. The van der Waals surface area contributed by atoms with E-state index in [1.54, 1.807) is 60.7 Å². The molecule has 0 spiro atoms. The van der Waals surface area contributed by atoms with E-state index in [0.29, 0.717) is 54.1 Å². The third-order valence-corrected chi connectivity index (χ3v) is 6.95. The summed E-state index contributed by atoms with van der Waals surface area (Å²) in [5.74, 6) is -0.269. The number of hydrogen-bond donors (Lipinski definition) is 5. The summed E-state index contributed by atoms with van der Waals surface area (Å²) in [7, 11) is -3.88. The highest BCUT2D eigenvalue weighted by molar-refractivity contribution is 7.89. The van der Waals surface area contributed by atoms with Gasteiger partial charge in [-0.15, -0.1) is 0 Å². The van der Waals surface area contributed by atoms with E-state index in [9.17, 15) is 13.2 Å². The van der Waals surface area contributed by atoms with Crippen LogP contribution >= 0.6 is 0 Å². The minimum Gasteiger partial charge on any atom is -0.384 e. The smallest absolute Gasteiger partial charge is 0.250 e. The van der Waals surface area contributed by atoms with Crippen molar-refractivity contribution in [2.24, 2.45) is 10.9 Å². The van der Waals surface area contributed by atoms with E-state index in [0.717, 1.165) is 0 Å². The number of nitrogens with one attached hydrogen (secondary N) is 3. The molecule has 3 aromatic rings. The number of carbonyl (C=O) groups excluding carboxylic acids is 1. The molecule has 0 aliphatic carbocycles. The van der Waals surface area contributed by atoms with E-state index in [4.69, 9.17) is 21.0 Å². The Morgan fingerprint density at radius 3 is 2.29 bits per heavy atom. The number of amides is 1. The van der Waals surface area contributed by atoms with Gasteiger partial charge in [-0.3, -0.25) is 10.2 Å². The summed E-state index contributed by atoms with van der Waals surface area (Å²) in [5, 5.41) is 19.3. The van der Waals surface area contributed by atoms with Crippen molar-refractivity contribution in [3.05, 3.63) is 78.4 Å². The molecule has 9 nitrogen and oxygen atoms in total. The fourth-order valence-corrected chi connectivity index (χ4v) is 4.87. The number of ether oxygens (including phenoxy) is 1. The average Bonchev–Trinajstić information content (AvgIpc) is 2.85. The molecule has 1 amide bonds. The van der Waals surface area contributed by atoms with Gasteiger partial charge in [-0.1, -0.05) is 42.5 Å². The number of hydrogen-bond acceptors (Lipinski definition) is 6. The zero-order valence-electron chi connectivity index (χ0n) is 19.0. The standard InChI is InChI=1S/C25H27N5O4S/c26-23(27)18-4-3-5-20(16-18)30-25(12-14-34-15-13-25)24(31)29-19-10-8-17(9-11-19)21-6-1-2-7-22(21)35(28,32)33/h1-11,16,30H,12-15H2,(H3,26,27)(H,29,31)(H2,28,32,33). The van der Waals surface area contributed by atoms with Gasteiger partial charge in [-0.2, -0.15) is 0 Å². The number of sulfonamides is 1. The summed E-state index contributed by atoms with van der Waals surface area (Å²) < 4.78 is 29.4. The molecule has 35 heavy (non-hydrogen) atoms. The number of benzene rings is 3. The summed E-state index contributed by atoms with van der Waals surface area (Å²) in [5.41, 5.74) is 7.66. The fourth-order valence-electron chi connectivity index (χ4n) is 4.11. The van der Waals surface area contributed by atoms with Crippen LogP contribution in [0.2, 0.25) is 0 Å². The van der Waals surface area contributed by atoms with Gasteiger partial charge >= 0.3 is 0 Å². The van der Waals surface area contributed by atoms with Crippen LogP contribution in [-0.2, 0) is 19.6 Å². The lowest BCUT2D eigenvalue weighted by atomic mass is 9.88. The molecule has 3 aromatic carbocycles. The average molecular weight is 494 g/mol. The SMILES string of the molecule is N=C(N)c1cccc(NC2(C(=O)Nc3ccc(-c4ccccc4S(N)(=O)=O)cc3)CCOCC2)c1.